The van der Waals surface area contributed by atoms with Crippen molar-refractivity contribution in [1.29, 1.82) is 0 Å². The maximum absolute atomic E-state index is 6.71. The van der Waals surface area contributed by atoms with Gasteiger partial charge in [0.15, 0.2) is 0 Å². The van der Waals surface area contributed by atoms with E-state index >= 15 is 0 Å². The Bertz CT molecular complexity index is 3460. The first-order valence-corrected chi connectivity index (χ1v) is 19.8. The van der Waals surface area contributed by atoms with Gasteiger partial charge in [-0.25, -0.2) is 0 Å². The molecule has 0 atom stereocenters. The molecule has 0 aliphatic rings. The van der Waals surface area contributed by atoms with Crippen LogP contribution in [0.2, 0.25) is 0 Å². The molecular weight excluding hydrogens is 701 g/mol. The third kappa shape index (κ3) is 4.57. The Kier molecular flexibility index (Phi) is 6.80. The normalized spacial score (nSPS) is 11.9. The molecule has 0 aliphatic carbocycles. The van der Waals surface area contributed by atoms with E-state index in [1.54, 1.807) is 0 Å². The number of anilines is 3. The van der Waals surface area contributed by atoms with Gasteiger partial charge < -0.3 is 13.9 Å². The molecule has 0 unspecified atom stereocenters. The van der Waals surface area contributed by atoms with Gasteiger partial charge in [-0.05, 0) is 77.7 Å². The van der Waals surface area contributed by atoms with Gasteiger partial charge >= 0.3 is 0 Å². The van der Waals surface area contributed by atoms with E-state index in [9.17, 15) is 0 Å². The van der Waals surface area contributed by atoms with Gasteiger partial charge in [0.25, 0.3) is 0 Å². The molecule has 12 aromatic rings. The van der Waals surface area contributed by atoms with Crippen LogP contribution in [0.5, 0.6) is 0 Å². The number of hydrogen-bond acceptors (Lipinski definition) is 3. The standard InChI is InChI=1S/C52H32N2OS/c1-2-17-36-33(14-1)30-31-42-50-40(22-12-27-47(50)55-52(36)42)39-20-5-9-25-45(39)54(46-26-13-29-49-51(46)41-21-6-10-28-48(41)56-49)35-16-11-15-34(32-35)53-43-23-7-3-18-37(43)38-19-4-8-24-44(38)53/h1-32H. The van der Waals surface area contributed by atoms with Crippen LogP contribution in [0.3, 0.4) is 0 Å². The van der Waals surface area contributed by atoms with Crippen LogP contribution < -0.4 is 4.90 Å². The molecule has 0 aliphatic heterocycles. The first-order valence-electron chi connectivity index (χ1n) is 19.0. The average Bonchev–Trinajstić information content (AvgIpc) is 3.94. The molecule has 0 radical (unpaired) electrons. The molecule has 0 N–H and O–H groups in total. The second-order valence-corrected chi connectivity index (χ2v) is 15.5. The van der Waals surface area contributed by atoms with E-state index < -0.39 is 0 Å². The Morgan fingerprint density at radius 3 is 1.93 bits per heavy atom. The Morgan fingerprint density at radius 2 is 1.07 bits per heavy atom. The lowest BCUT2D eigenvalue weighted by Gasteiger charge is -2.29. The van der Waals surface area contributed by atoms with Crippen molar-refractivity contribution < 1.29 is 4.42 Å². The van der Waals surface area contributed by atoms with E-state index in [0.29, 0.717) is 0 Å². The number of para-hydroxylation sites is 3. The summed E-state index contributed by atoms with van der Waals surface area (Å²) in [6.45, 7) is 0. The Balaban J connectivity index is 1.15. The fourth-order valence-electron chi connectivity index (χ4n) is 9.00. The molecule has 0 saturated carbocycles. The first-order chi connectivity index (χ1) is 27.8. The van der Waals surface area contributed by atoms with Crippen molar-refractivity contribution in [1.82, 2.24) is 4.57 Å². The van der Waals surface area contributed by atoms with Crippen molar-refractivity contribution in [2.75, 3.05) is 4.90 Å². The highest BCUT2D eigenvalue weighted by Gasteiger charge is 2.24. The smallest absolute Gasteiger partial charge is 0.143 e. The topological polar surface area (TPSA) is 21.3 Å². The van der Waals surface area contributed by atoms with Crippen LogP contribution in [-0.2, 0) is 0 Å². The maximum Gasteiger partial charge on any atom is 0.143 e. The SMILES string of the molecule is c1cc(N(c2ccccc2-c2cccc3oc4c5ccccc5ccc4c23)c2cccc3sc4ccccc4c23)cc(-n2c3ccccc3c3ccccc32)c1. The third-order valence-corrected chi connectivity index (χ3v) is 12.5. The highest BCUT2D eigenvalue weighted by Crippen LogP contribution is 2.49. The summed E-state index contributed by atoms with van der Waals surface area (Å²) < 4.78 is 11.7. The predicted molar refractivity (Wildman–Crippen MR) is 239 cm³/mol. The summed E-state index contributed by atoms with van der Waals surface area (Å²) in [5.74, 6) is 0. The van der Waals surface area contributed by atoms with Crippen LogP contribution >= 0.6 is 11.3 Å². The number of benzene rings is 9. The summed E-state index contributed by atoms with van der Waals surface area (Å²) in [6, 6.07) is 70.2. The molecule has 0 amide bonds. The van der Waals surface area contributed by atoms with Gasteiger partial charge in [0.05, 0.1) is 22.4 Å². The number of hydrogen-bond donors (Lipinski definition) is 0. The average molecular weight is 733 g/mol. The van der Waals surface area contributed by atoms with Crippen LogP contribution in [0.4, 0.5) is 17.1 Å². The van der Waals surface area contributed by atoms with E-state index in [1.165, 1.54) is 47.4 Å². The first kappa shape index (κ1) is 31.2. The molecule has 0 saturated heterocycles. The predicted octanol–water partition coefficient (Wildman–Crippen LogP) is 15.3. The van der Waals surface area contributed by atoms with Crippen LogP contribution in [0.25, 0.3) is 91.5 Å². The van der Waals surface area contributed by atoms with Crippen molar-refractivity contribution in [2.24, 2.45) is 0 Å². The minimum Gasteiger partial charge on any atom is -0.455 e. The maximum atomic E-state index is 6.71. The number of rotatable bonds is 5. The highest BCUT2D eigenvalue weighted by atomic mass is 32.1. The van der Waals surface area contributed by atoms with Gasteiger partial charge in [-0.2, -0.15) is 0 Å². The molecule has 56 heavy (non-hydrogen) atoms. The largest absolute Gasteiger partial charge is 0.455 e. The molecule has 3 nitrogen and oxygen atoms in total. The molecule has 12 rings (SSSR count). The quantitative estimate of drug-likeness (QED) is 0.176. The van der Waals surface area contributed by atoms with Crippen LogP contribution in [0.15, 0.2) is 199 Å². The summed E-state index contributed by atoms with van der Waals surface area (Å²) in [5, 5.41) is 9.56. The molecular formula is C52H32N2OS. The van der Waals surface area contributed by atoms with Crippen LogP contribution in [0, 0.1) is 0 Å². The number of thiophene rings is 1. The van der Waals surface area contributed by atoms with Crippen molar-refractivity contribution in [2.45, 2.75) is 0 Å². The van der Waals surface area contributed by atoms with Crippen molar-refractivity contribution in [3.05, 3.63) is 194 Å². The van der Waals surface area contributed by atoms with E-state index in [0.717, 1.165) is 61.2 Å². The van der Waals surface area contributed by atoms with Gasteiger partial charge in [0, 0.05) is 64.0 Å². The second kappa shape index (κ2) is 12.2. The van der Waals surface area contributed by atoms with Crippen LogP contribution in [-0.4, -0.2) is 4.57 Å². The number of furan rings is 1. The highest BCUT2D eigenvalue weighted by molar-refractivity contribution is 7.26. The molecule has 9 aromatic carbocycles. The minimum atomic E-state index is 0.884. The second-order valence-electron chi connectivity index (χ2n) is 14.4. The lowest BCUT2D eigenvalue weighted by atomic mass is 9.96. The fourth-order valence-corrected chi connectivity index (χ4v) is 10.1. The van der Waals surface area contributed by atoms with Gasteiger partial charge in [-0.15, -0.1) is 11.3 Å². The summed E-state index contributed by atoms with van der Waals surface area (Å²) in [7, 11) is 0. The van der Waals surface area contributed by atoms with Gasteiger partial charge in [-0.1, -0.05) is 127 Å². The molecule has 0 fully saturated rings. The zero-order chi connectivity index (χ0) is 36.7. The Hall–Kier alpha value is -7.14. The number of aromatic nitrogens is 1. The Morgan fingerprint density at radius 1 is 0.429 bits per heavy atom. The molecule has 3 heterocycles. The fraction of sp³-hybridized carbons (Fsp3) is 0. The summed E-state index contributed by atoms with van der Waals surface area (Å²) in [4.78, 5) is 2.48. The molecule has 0 bridgehead atoms. The number of nitrogens with zero attached hydrogens (tertiary/aromatic N) is 2. The molecule has 3 aromatic heterocycles. The zero-order valence-corrected chi connectivity index (χ0v) is 31.0. The van der Waals surface area contributed by atoms with E-state index in [4.69, 9.17) is 4.42 Å². The minimum absolute atomic E-state index is 0.884. The van der Waals surface area contributed by atoms with Crippen molar-refractivity contribution >= 4 is 103 Å². The lowest BCUT2D eigenvalue weighted by Crippen LogP contribution is -2.12. The molecule has 0 spiro atoms. The van der Waals surface area contributed by atoms with E-state index in [-0.39, 0.29) is 0 Å². The van der Waals surface area contributed by atoms with E-state index in [1.807, 2.05) is 11.3 Å². The van der Waals surface area contributed by atoms with E-state index in [2.05, 4.69) is 204 Å². The third-order valence-electron chi connectivity index (χ3n) is 11.4. The summed E-state index contributed by atoms with van der Waals surface area (Å²) in [6.07, 6.45) is 0. The summed E-state index contributed by atoms with van der Waals surface area (Å²) in [5.41, 5.74) is 10.9. The summed E-state index contributed by atoms with van der Waals surface area (Å²) >= 11 is 1.85. The van der Waals surface area contributed by atoms with Crippen LogP contribution in [0.1, 0.15) is 0 Å². The van der Waals surface area contributed by atoms with Crippen molar-refractivity contribution in [3.63, 3.8) is 0 Å². The van der Waals surface area contributed by atoms with Gasteiger partial charge in [-0.3, -0.25) is 0 Å². The Labute approximate surface area is 326 Å². The lowest BCUT2D eigenvalue weighted by molar-refractivity contribution is 0.673. The van der Waals surface area contributed by atoms with Gasteiger partial charge in [0.1, 0.15) is 11.2 Å². The number of fused-ring (bicyclic) bond motifs is 11. The molecule has 262 valence electrons. The zero-order valence-electron chi connectivity index (χ0n) is 30.2. The van der Waals surface area contributed by atoms with Gasteiger partial charge in [0.2, 0.25) is 0 Å². The monoisotopic (exact) mass is 732 g/mol. The molecule has 4 heteroatoms. The van der Waals surface area contributed by atoms with Crippen molar-refractivity contribution in [3.8, 4) is 16.8 Å².